The lowest BCUT2D eigenvalue weighted by Gasteiger charge is -2.48. The maximum Gasteiger partial charge on any atom is 0.315 e. The summed E-state index contributed by atoms with van der Waals surface area (Å²) in [5.41, 5.74) is 1.19. The van der Waals surface area contributed by atoms with Crippen LogP contribution in [-0.2, 0) is 4.74 Å². The Hall–Kier alpha value is -1.66. The van der Waals surface area contributed by atoms with E-state index in [1.165, 1.54) is 19.3 Å². The Morgan fingerprint density at radius 2 is 1.92 bits per heavy atom. The predicted octanol–water partition coefficient (Wildman–Crippen LogP) is 2.87. The van der Waals surface area contributed by atoms with E-state index in [0.717, 1.165) is 51.1 Å². The van der Waals surface area contributed by atoms with Crippen LogP contribution >= 0.6 is 0 Å². The summed E-state index contributed by atoms with van der Waals surface area (Å²) in [6.45, 7) is 6.34. The second-order valence-electron chi connectivity index (χ2n) is 7.45. The summed E-state index contributed by atoms with van der Waals surface area (Å²) < 4.78 is 5.53. The maximum atomic E-state index is 12.6. The van der Waals surface area contributed by atoms with Gasteiger partial charge in [-0.3, -0.25) is 9.88 Å². The van der Waals surface area contributed by atoms with Crippen LogP contribution in [0.25, 0.3) is 0 Å². The highest BCUT2D eigenvalue weighted by molar-refractivity contribution is 5.74. The van der Waals surface area contributed by atoms with Gasteiger partial charge in [0.25, 0.3) is 0 Å². The van der Waals surface area contributed by atoms with Gasteiger partial charge in [0.05, 0.1) is 19.3 Å². The van der Waals surface area contributed by atoms with Crippen LogP contribution in [-0.4, -0.2) is 54.3 Å². The van der Waals surface area contributed by atoms with Crippen molar-refractivity contribution in [3.8, 4) is 0 Å². The van der Waals surface area contributed by atoms with Crippen molar-refractivity contribution >= 4 is 6.03 Å². The third kappa shape index (κ3) is 4.74. The Morgan fingerprint density at radius 3 is 2.58 bits per heavy atom. The number of rotatable bonds is 6. The molecule has 2 aliphatic rings. The van der Waals surface area contributed by atoms with Gasteiger partial charge in [-0.2, -0.15) is 0 Å². The van der Waals surface area contributed by atoms with Gasteiger partial charge < -0.3 is 15.4 Å². The summed E-state index contributed by atoms with van der Waals surface area (Å²) in [6.07, 6.45) is 10.5. The Kier molecular flexibility index (Phi) is 6.86. The van der Waals surface area contributed by atoms with Crippen molar-refractivity contribution < 1.29 is 9.53 Å². The van der Waals surface area contributed by atoms with Crippen LogP contribution in [0.3, 0.4) is 0 Å². The second-order valence-corrected chi connectivity index (χ2v) is 7.45. The largest absolute Gasteiger partial charge is 0.379 e. The number of nitrogens with zero attached hydrogens (tertiary/aromatic N) is 2. The third-order valence-corrected chi connectivity index (χ3v) is 5.87. The average Bonchev–Trinajstić information content (AvgIpc) is 2.72. The van der Waals surface area contributed by atoms with Crippen molar-refractivity contribution in [3.05, 3.63) is 30.1 Å². The van der Waals surface area contributed by atoms with Crippen molar-refractivity contribution in [3.63, 3.8) is 0 Å². The van der Waals surface area contributed by atoms with Crippen LogP contribution in [0.2, 0.25) is 0 Å². The molecule has 2 fully saturated rings. The Balaban J connectivity index is 1.58. The van der Waals surface area contributed by atoms with E-state index in [9.17, 15) is 4.79 Å². The first-order chi connectivity index (χ1) is 12.7. The van der Waals surface area contributed by atoms with Crippen molar-refractivity contribution in [1.82, 2.24) is 20.5 Å². The molecule has 1 aliphatic carbocycles. The standard InChI is InChI=1S/C20H32N4O2/c1-2-18(17-6-10-21-11-7-17)23-19(25)22-16-20(8-4-3-5-9-20)24-12-14-26-15-13-24/h6-7,10-11,18H,2-5,8-9,12-16H2,1H3,(H2,22,23,25). The van der Waals surface area contributed by atoms with E-state index < -0.39 is 0 Å². The van der Waals surface area contributed by atoms with Crippen LogP contribution in [0.5, 0.6) is 0 Å². The van der Waals surface area contributed by atoms with E-state index in [0.29, 0.717) is 6.54 Å². The minimum Gasteiger partial charge on any atom is -0.379 e. The molecule has 0 spiro atoms. The number of amides is 2. The molecule has 0 aromatic carbocycles. The molecular formula is C20H32N4O2. The molecule has 2 amide bonds. The molecule has 0 radical (unpaired) electrons. The molecule has 3 rings (SSSR count). The minimum atomic E-state index is -0.0770. The number of pyridine rings is 1. The first-order valence-corrected chi connectivity index (χ1v) is 10.0. The Morgan fingerprint density at radius 1 is 1.23 bits per heavy atom. The minimum absolute atomic E-state index is 0.0173. The Labute approximate surface area is 156 Å². The van der Waals surface area contributed by atoms with Crippen LogP contribution in [0.1, 0.15) is 57.1 Å². The molecule has 1 aromatic rings. The number of aromatic nitrogens is 1. The van der Waals surface area contributed by atoms with E-state index in [1.807, 2.05) is 12.1 Å². The highest BCUT2D eigenvalue weighted by atomic mass is 16.5. The van der Waals surface area contributed by atoms with Gasteiger partial charge in [-0.1, -0.05) is 26.2 Å². The van der Waals surface area contributed by atoms with Crippen molar-refractivity contribution in [2.75, 3.05) is 32.8 Å². The molecule has 0 bridgehead atoms. The van der Waals surface area contributed by atoms with Crippen LogP contribution in [0.4, 0.5) is 4.79 Å². The van der Waals surface area contributed by atoms with E-state index in [2.05, 4.69) is 27.4 Å². The lowest BCUT2D eigenvalue weighted by atomic mass is 9.80. The molecular weight excluding hydrogens is 328 g/mol. The number of nitrogens with one attached hydrogen (secondary N) is 2. The molecule has 1 saturated heterocycles. The van der Waals surface area contributed by atoms with Crippen LogP contribution in [0, 0.1) is 0 Å². The van der Waals surface area contributed by atoms with Crippen molar-refractivity contribution in [2.45, 2.75) is 57.0 Å². The summed E-state index contributed by atoms with van der Waals surface area (Å²) in [4.78, 5) is 19.2. The number of hydrogen-bond donors (Lipinski definition) is 2. The second kappa shape index (κ2) is 9.33. The molecule has 2 N–H and O–H groups in total. The zero-order valence-electron chi connectivity index (χ0n) is 15.9. The number of hydrogen-bond acceptors (Lipinski definition) is 4. The fourth-order valence-electron chi connectivity index (χ4n) is 4.32. The topological polar surface area (TPSA) is 66.5 Å². The smallest absolute Gasteiger partial charge is 0.315 e. The molecule has 2 heterocycles. The van der Waals surface area contributed by atoms with E-state index >= 15 is 0 Å². The SMILES string of the molecule is CCC(NC(=O)NCC1(N2CCOCC2)CCCCC1)c1ccncc1. The van der Waals surface area contributed by atoms with Crippen molar-refractivity contribution in [1.29, 1.82) is 0 Å². The molecule has 26 heavy (non-hydrogen) atoms. The van der Waals surface area contributed by atoms with E-state index in [4.69, 9.17) is 4.74 Å². The monoisotopic (exact) mass is 360 g/mol. The van der Waals surface area contributed by atoms with Gasteiger partial charge in [-0.25, -0.2) is 4.79 Å². The summed E-state index contributed by atoms with van der Waals surface area (Å²) >= 11 is 0. The molecule has 1 aliphatic heterocycles. The predicted molar refractivity (Wildman–Crippen MR) is 102 cm³/mol. The summed E-state index contributed by atoms with van der Waals surface area (Å²) in [5, 5.41) is 6.30. The summed E-state index contributed by atoms with van der Waals surface area (Å²) in [5.74, 6) is 0. The zero-order chi connectivity index (χ0) is 18.2. The fourth-order valence-corrected chi connectivity index (χ4v) is 4.32. The number of morpholine rings is 1. The summed E-state index contributed by atoms with van der Waals surface area (Å²) in [7, 11) is 0. The zero-order valence-corrected chi connectivity index (χ0v) is 15.9. The normalized spacial score (nSPS) is 21.7. The van der Waals surface area contributed by atoms with Crippen molar-refractivity contribution in [2.24, 2.45) is 0 Å². The number of urea groups is 1. The highest BCUT2D eigenvalue weighted by Gasteiger charge is 2.38. The van der Waals surface area contributed by atoms with Crippen LogP contribution < -0.4 is 10.6 Å². The summed E-state index contributed by atoms with van der Waals surface area (Å²) in [6, 6.07) is 3.87. The molecule has 6 heteroatoms. The fraction of sp³-hybridized carbons (Fsp3) is 0.700. The molecule has 144 valence electrons. The lowest BCUT2D eigenvalue weighted by Crippen LogP contribution is -2.60. The first-order valence-electron chi connectivity index (χ1n) is 10.0. The maximum absolute atomic E-state index is 12.6. The number of ether oxygens (including phenoxy) is 1. The first kappa shape index (κ1) is 19.1. The Bertz CT molecular complexity index is 554. The van der Waals surface area contributed by atoms with Gasteiger partial charge in [0.15, 0.2) is 0 Å². The third-order valence-electron chi connectivity index (χ3n) is 5.87. The average molecular weight is 361 g/mol. The lowest BCUT2D eigenvalue weighted by molar-refractivity contribution is -0.0357. The number of carbonyl (C=O) groups excluding carboxylic acids is 1. The van der Waals surface area contributed by atoms with Gasteiger partial charge in [0.1, 0.15) is 0 Å². The van der Waals surface area contributed by atoms with Gasteiger partial charge in [-0.05, 0) is 37.0 Å². The molecule has 6 nitrogen and oxygen atoms in total. The molecule has 1 saturated carbocycles. The van der Waals surface area contributed by atoms with Gasteiger partial charge in [0, 0.05) is 37.6 Å². The quantitative estimate of drug-likeness (QED) is 0.819. The van der Waals surface area contributed by atoms with E-state index in [-0.39, 0.29) is 17.6 Å². The van der Waals surface area contributed by atoms with Gasteiger partial charge >= 0.3 is 6.03 Å². The van der Waals surface area contributed by atoms with Crippen LogP contribution in [0.15, 0.2) is 24.5 Å². The molecule has 1 aromatic heterocycles. The highest BCUT2D eigenvalue weighted by Crippen LogP contribution is 2.33. The number of carbonyl (C=O) groups is 1. The van der Waals surface area contributed by atoms with Gasteiger partial charge in [-0.15, -0.1) is 0 Å². The van der Waals surface area contributed by atoms with E-state index in [1.54, 1.807) is 12.4 Å². The molecule has 1 unspecified atom stereocenters. The van der Waals surface area contributed by atoms with Gasteiger partial charge in [0.2, 0.25) is 0 Å². The molecule has 1 atom stereocenters.